The van der Waals surface area contributed by atoms with Crippen LogP contribution in [0, 0.1) is 71.0 Å². The van der Waals surface area contributed by atoms with Crippen molar-refractivity contribution in [2.75, 3.05) is 13.2 Å². The number of carbonyl (C=O) groups excluding carboxylic acids is 1. The minimum absolute atomic E-state index is 0.0563. The molecule has 7 rings (SSSR count). The molecule has 1 aromatic rings. The number of aliphatic hydroxyl groups is 2. The highest BCUT2D eigenvalue weighted by Crippen LogP contribution is 2.68. The Bertz CT molecular complexity index is 1530. The van der Waals surface area contributed by atoms with Crippen molar-refractivity contribution in [1.82, 2.24) is 5.32 Å². The molecule has 17 atom stereocenters. The Labute approximate surface area is 338 Å². The van der Waals surface area contributed by atoms with Gasteiger partial charge in [0.2, 0.25) is 0 Å². The van der Waals surface area contributed by atoms with E-state index in [1.165, 1.54) is 37.7 Å². The van der Waals surface area contributed by atoms with Gasteiger partial charge >= 0.3 is 0 Å². The summed E-state index contributed by atoms with van der Waals surface area (Å²) in [5.74, 6) is 3.42. The molecule has 4 aliphatic carbocycles. The van der Waals surface area contributed by atoms with Gasteiger partial charge in [-0.1, -0.05) is 104 Å². The maximum Gasteiger partial charge on any atom is 0.251 e. The zero-order chi connectivity index (χ0) is 40.1. The van der Waals surface area contributed by atoms with Crippen molar-refractivity contribution in [3.05, 3.63) is 47.0 Å². The van der Waals surface area contributed by atoms with Crippen LogP contribution in [0.15, 0.2) is 35.9 Å². The number of aryl methyl sites for hydroxylation is 1. The standard InChI is InChI=1S/C48H75NO7/c1-27(2)11-10-12-29(4)41-40(24-38-36-18-17-34-23-35(50)19-21-47(34,8)37(36)20-22-48(38,41)9)55-45-32(7)43(39(51)26-54-45)56-46-42(31(6)30(5)25-53-46)49-44(52)33-15-13-28(3)14-16-33/h13-17,27,29-32,35-43,45-46,50-51H,10-12,18-26H2,1-9H3,(H,49,52)/t29-,30?,31?,32?,35+,36-,37+,38?,39?,40+,41+,42?,43?,45?,46?,47+,48+/m1/s1. The van der Waals surface area contributed by atoms with E-state index in [1.54, 1.807) is 0 Å². The third-order valence-electron chi connectivity index (χ3n) is 16.5. The lowest BCUT2D eigenvalue weighted by Crippen LogP contribution is -2.59. The molecule has 314 valence electrons. The van der Waals surface area contributed by atoms with Gasteiger partial charge in [-0.2, -0.15) is 0 Å². The zero-order valence-electron chi connectivity index (χ0n) is 36.0. The molecule has 8 heteroatoms. The summed E-state index contributed by atoms with van der Waals surface area (Å²) >= 11 is 0. The average Bonchev–Trinajstić information content (AvgIpc) is 3.46. The monoisotopic (exact) mass is 778 g/mol. The van der Waals surface area contributed by atoms with Gasteiger partial charge in [-0.25, -0.2) is 0 Å². The van der Waals surface area contributed by atoms with E-state index in [4.69, 9.17) is 18.9 Å². The van der Waals surface area contributed by atoms with Gasteiger partial charge in [0.1, 0.15) is 6.10 Å². The second-order valence-electron chi connectivity index (χ2n) is 20.6. The number of allylic oxidation sites excluding steroid dienone is 1. The molecule has 8 nitrogen and oxygen atoms in total. The Morgan fingerprint density at radius 3 is 2.39 bits per heavy atom. The summed E-state index contributed by atoms with van der Waals surface area (Å²) in [7, 11) is 0. The number of nitrogens with one attached hydrogen (secondary N) is 1. The molecule has 9 unspecified atom stereocenters. The first-order chi connectivity index (χ1) is 26.6. The van der Waals surface area contributed by atoms with E-state index in [0.29, 0.717) is 47.7 Å². The van der Waals surface area contributed by atoms with Gasteiger partial charge in [-0.05, 0) is 122 Å². The first-order valence-corrected chi connectivity index (χ1v) is 22.6. The van der Waals surface area contributed by atoms with Gasteiger partial charge < -0.3 is 34.5 Å². The van der Waals surface area contributed by atoms with E-state index in [0.717, 1.165) is 37.7 Å². The fourth-order valence-electron chi connectivity index (χ4n) is 12.9. The average molecular weight is 778 g/mol. The summed E-state index contributed by atoms with van der Waals surface area (Å²) in [5, 5.41) is 25.3. The highest BCUT2D eigenvalue weighted by molar-refractivity contribution is 5.94. The first kappa shape index (κ1) is 42.3. The van der Waals surface area contributed by atoms with Crippen LogP contribution in [0.5, 0.6) is 0 Å². The maximum absolute atomic E-state index is 13.5. The Hall–Kier alpha value is -1.81. The molecule has 2 aliphatic heterocycles. The van der Waals surface area contributed by atoms with Gasteiger partial charge in [-0.3, -0.25) is 4.79 Å². The molecule has 0 bridgehead atoms. The van der Waals surface area contributed by atoms with E-state index in [9.17, 15) is 15.0 Å². The second kappa shape index (κ2) is 17.0. The van der Waals surface area contributed by atoms with Crippen LogP contribution in [0.25, 0.3) is 0 Å². The second-order valence-corrected chi connectivity index (χ2v) is 20.6. The molecule has 5 fully saturated rings. The molecule has 0 spiro atoms. The van der Waals surface area contributed by atoms with Crippen LogP contribution in [0.3, 0.4) is 0 Å². The SMILES string of the molecule is Cc1ccc(C(=O)NC2C(OC3C(O)COC(O[C@H]4CC5[C@@H]6CC=C7C[C@@H](O)CC[C@]7(C)[C@H]6CC[C@]5(C)[C@H]4[C@H](C)CCCC(C)C)C3C)OCC(C)C2C)cc1. The lowest BCUT2D eigenvalue weighted by Gasteiger charge is -2.58. The molecule has 3 N–H and O–H groups in total. The molecule has 1 aromatic carbocycles. The number of aliphatic hydroxyl groups excluding tert-OH is 2. The van der Waals surface area contributed by atoms with Crippen molar-refractivity contribution >= 4 is 5.91 Å². The number of hydrogen-bond acceptors (Lipinski definition) is 7. The maximum atomic E-state index is 13.5. The highest BCUT2D eigenvalue weighted by Gasteiger charge is 2.63. The van der Waals surface area contributed by atoms with Crippen LogP contribution in [0.2, 0.25) is 0 Å². The fraction of sp³-hybridized carbons (Fsp3) is 0.812. The molecule has 56 heavy (non-hydrogen) atoms. The van der Waals surface area contributed by atoms with Crippen LogP contribution in [-0.2, 0) is 18.9 Å². The van der Waals surface area contributed by atoms with Crippen molar-refractivity contribution in [3.8, 4) is 0 Å². The van der Waals surface area contributed by atoms with Crippen molar-refractivity contribution in [2.24, 2.45) is 64.1 Å². The van der Waals surface area contributed by atoms with E-state index in [1.807, 2.05) is 31.2 Å². The van der Waals surface area contributed by atoms with Crippen LogP contribution in [-0.4, -0.2) is 72.4 Å². The summed E-state index contributed by atoms with van der Waals surface area (Å²) in [6.07, 6.45) is 10.9. The minimum atomic E-state index is -0.843. The Morgan fingerprint density at radius 1 is 0.929 bits per heavy atom. The lowest BCUT2D eigenvalue weighted by atomic mass is 9.47. The fourth-order valence-corrected chi connectivity index (χ4v) is 12.9. The summed E-state index contributed by atoms with van der Waals surface area (Å²) in [5.41, 5.74) is 3.59. The highest BCUT2D eigenvalue weighted by atomic mass is 16.7. The quantitative estimate of drug-likeness (QED) is 0.193. The van der Waals surface area contributed by atoms with Gasteiger partial charge in [0.05, 0.1) is 37.6 Å². The van der Waals surface area contributed by atoms with E-state index in [2.05, 4.69) is 66.8 Å². The molecule has 2 heterocycles. The third-order valence-corrected chi connectivity index (χ3v) is 16.5. The topological polar surface area (TPSA) is 106 Å². The summed E-state index contributed by atoms with van der Waals surface area (Å²) < 4.78 is 26.8. The van der Waals surface area contributed by atoms with Gasteiger partial charge in [0, 0.05) is 11.5 Å². The minimum Gasteiger partial charge on any atom is -0.393 e. The Morgan fingerprint density at radius 2 is 1.66 bits per heavy atom. The predicted octanol–water partition coefficient (Wildman–Crippen LogP) is 8.86. The Kier molecular flexibility index (Phi) is 12.9. The van der Waals surface area contributed by atoms with E-state index < -0.39 is 24.8 Å². The Balaban J connectivity index is 1.10. The van der Waals surface area contributed by atoms with E-state index in [-0.39, 0.29) is 59.3 Å². The van der Waals surface area contributed by atoms with Gasteiger partial charge in [-0.15, -0.1) is 0 Å². The van der Waals surface area contributed by atoms with E-state index >= 15 is 0 Å². The number of benzene rings is 1. The number of ether oxygens (including phenoxy) is 4. The number of fused-ring (bicyclic) bond motifs is 5. The smallest absolute Gasteiger partial charge is 0.251 e. The van der Waals surface area contributed by atoms with Crippen molar-refractivity contribution in [2.45, 2.75) is 170 Å². The summed E-state index contributed by atoms with van der Waals surface area (Å²) in [4.78, 5) is 13.5. The molecule has 3 saturated carbocycles. The molecular formula is C48H75NO7. The number of carbonyl (C=O) groups is 1. The molecule has 0 radical (unpaired) electrons. The van der Waals surface area contributed by atoms with Crippen molar-refractivity contribution in [3.63, 3.8) is 0 Å². The number of hydrogen-bond donors (Lipinski definition) is 3. The first-order valence-electron chi connectivity index (χ1n) is 22.6. The largest absolute Gasteiger partial charge is 0.393 e. The van der Waals surface area contributed by atoms with Crippen LogP contribution >= 0.6 is 0 Å². The number of rotatable bonds is 11. The van der Waals surface area contributed by atoms with Gasteiger partial charge in [0.15, 0.2) is 12.6 Å². The van der Waals surface area contributed by atoms with Gasteiger partial charge in [0.25, 0.3) is 5.91 Å². The van der Waals surface area contributed by atoms with Crippen molar-refractivity contribution in [1.29, 1.82) is 0 Å². The molecular weight excluding hydrogens is 703 g/mol. The molecule has 1 amide bonds. The zero-order valence-corrected chi connectivity index (χ0v) is 36.0. The number of amides is 1. The predicted molar refractivity (Wildman–Crippen MR) is 220 cm³/mol. The van der Waals surface area contributed by atoms with Crippen LogP contribution < -0.4 is 5.32 Å². The van der Waals surface area contributed by atoms with Crippen LogP contribution in [0.1, 0.15) is 136 Å². The normalized spacial score (nSPS) is 44.3. The van der Waals surface area contributed by atoms with Crippen molar-refractivity contribution < 1.29 is 34.0 Å². The molecule has 0 aromatic heterocycles. The summed E-state index contributed by atoms with van der Waals surface area (Å²) in [6, 6.07) is 7.23. The molecule has 6 aliphatic rings. The van der Waals surface area contributed by atoms with Crippen LogP contribution in [0.4, 0.5) is 0 Å². The molecule has 2 saturated heterocycles. The summed E-state index contributed by atoms with van der Waals surface area (Å²) in [6.45, 7) is 21.3. The third kappa shape index (κ3) is 8.19. The lowest BCUT2D eigenvalue weighted by molar-refractivity contribution is -0.309.